The SMILES string of the molecule is COC(=O)C1=C(c2ccc(Cl)c(C(F)(F)F)c2)C[C@@H]2CC[C@H]1N2C(=O)NCC1CC1. The molecule has 1 N–H and O–H groups in total. The van der Waals surface area contributed by atoms with Gasteiger partial charge in [-0.15, -0.1) is 0 Å². The molecule has 30 heavy (non-hydrogen) atoms. The molecule has 3 aliphatic rings. The van der Waals surface area contributed by atoms with Gasteiger partial charge in [-0.25, -0.2) is 9.59 Å². The summed E-state index contributed by atoms with van der Waals surface area (Å²) in [4.78, 5) is 27.1. The molecule has 4 rings (SSSR count). The number of halogens is 4. The van der Waals surface area contributed by atoms with E-state index < -0.39 is 28.8 Å². The van der Waals surface area contributed by atoms with E-state index in [1.807, 2.05) is 0 Å². The van der Waals surface area contributed by atoms with Crippen LogP contribution < -0.4 is 5.32 Å². The van der Waals surface area contributed by atoms with Gasteiger partial charge in [0.25, 0.3) is 0 Å². The minimum atomic E-state index is -4.61. The third kappa shape index (κ3) is 3.89. The Morgan fingerprint density at radius 1 is 1.23 bits per heavy atom. The summed E-state index contributed by atoms with van der Waals surface area (Å²) in [7, 11) is 1.23. The van der Waals surface area contributed by atoms with Crippen LogP contribution in [0.2, 0.25) is 5.02 Å². The Kier molecular flexibility index (Phi) is 5.46. The first kappa shape index (κ1) is 21.0. The molecule has 0 unspecified atom stereocenters. The normalized spacial score (nSPS) is 23.6. The number of nitrogens with zero attached hydrogens (tertiary/aromatic N) is 1. The zero-order valence-electron chi connectivity index (χ0n) is 16.4. The molecule has 2 atom stereocenters. The molecule has 0 radical (unpaired) electrons. The van der Waals surface area contributed by atoms with Gasteiger partial charge in [0.15, 0.2) is 0 Å². The number of hydrogen-bond donors (Lipinski definition) is 1. The molecular weight excluding hydrogens is 421 g/mol. The van der Waals surface area contributed by atoms with Crippen molar-refractivity contribution >= 4 is 29.2 Å². The first-order chi connectivity index (χ1) is 14.2. The van der Waals surface area contributed by atoms with Crippen molar-refractivity contribution in [2.45, 2.75) is 50.4 Å². The standard InChI is InChI=1S/C21H22ClF3N2O3/c1-30-19(28)18-14(12-4-6-16(22)15(8-12)21(23,24)25)9-13-5-7-17(18)27(13)20(29)26-10-11-2-3-11/h4,6,8,11,13,17H,2-3,5,7,9-10H2,1H3,(H,26,29)/t13-,17+/m0/s1. The Hall–Kier alpha value is -2.22. The maximum Gasteiger partial charge on any atom is 0.417 e. The summed E-state index contributed by atoms with van der Waals surface area (Å²) in [6, 6.07) is 2.72. The summed E-state index contributed by atoms with van der Waals surface area (Å²) >= 11 is 5.76. The topological polar surface area (TPSA) is 58.6 Å². The number of methoxy groups -OCH3 is 1. The zero-order valence-corrected chi connectivity index (χ0v) is 17.1. The zero-order chi connectivity index (χ0) is 21.6. The number of hydrogen-bond acceptors (Lipinski definition) is 3. The average Bonchev–Trinajstić information content (AvgIpc) is 3.48. The maximum absolute atomic E-state index is 13.4. The van der Waals surface area contributed by atoms with Crippen LogP contribution in [0.25, 0.3) is 5.57 Å². The number of carbonyl (C=O) groups is 2. The van der Waals surface area contributed by atoms with Crippen molar-refractivity contribution < 1.29 is 27.5 Å². The molecule has 5 nitrogen and oxygen atoms in total. The number of alkyl halides is 3. The largest absolute Gasteiger partial charge is 0.466 e. The van der Waals surface area contributed by atoms with Gasteiger partial charge in [0.05, 0.1) is 29.3 Å². The summed E-state index contributed by atoms with van der Waals surface area (Å²) < 4.78 is 45.0. The van der Waals surface area contributed by atoms with Crippen LogP contribution >= 0.6 is 11.6 Å². The second kappa shape index (κ2) is 7.80. The van der Waals surface area contributed by atoms with E-state index in [9.17, 15) is 22.8 Å². The summed E-state index contributed by atoms with van der Waals surface area (Å²) in [6.07, 6.45) is -0.885. The minimum Gasteiger partial charge on any atom is -0.466 e. The average molecular weight is 443 g/mol. The third-order valence-electron chi connectivity index (χ3n) is 6.10. The fraction of sp³-hybridized carbons (Fsp3) is 0.524. The molecule has 1 saturated heterocycles. The van der Waals surface area contributed by atoms with Gasteiger partial charge in [-0.1, -0.05) is 17.7 Å². The summed E-state index contributed by atoms with van der Waals surface area (Å²) in [5.41, 5.74) is 0.0726. The van der Waals surface area contributed by atoms with Crippen LogP contribution in [0.4, 0.5) is 18.0 Å². The molecular formula is C21H22ClF3N2O3. The maximum atomic E-state index is 13.4. The van der Waals surface area contributed by atoms with E-state index in [2.05, 4.69) is 5.32 Å². The Bertz CT molecular complexity index is 911. The molecule has 2 heterocycles. The molecule has 2 bridgehead atoms. The molecule has 9 heteroatoms. The van der Waals surface area contributed by atoms with Crippen LogP contribution in [-0.2, 0) is 15.7 Å². The van der Waals surface area contributed by atoms with Crippen LogP contribution in [0, 0.1) is 5.92 Å². The number of benzene rings is 1. The van der Waals surface area contributed by atoms with Gasteiger partial charge in [0.1, 0.15) is 0 Å². The molecule has 162 valence electrons. The van der Waals surface area contributed by atoms with E-state index >= 15 is 0 Å². The molecule has 2 aliphatic heterocycles. The predicted molar refractivity (Wildman–Crippen MR) is 105 cm³/mol. The van der Waals surface area contributed by atoms with Gasteiger partial charge in [-0.05, 0) is 61.3 Å². The van der Waals surface area contributed by atoms with Gasteiger partial charge in [-0.2, -0.15) is 13.2 Å². The number of ether oxygens (including phenoxy) is 1. The van der Waals surface area contributed by atoms with Crippen molar-refractivity contribution in [3.8, 4) is 0 Å². The van der Waals surface area contributed by atoms with E-state index in [0.29, 0.717) is 30.9 Å². The van der Waals surface area contributed by atoms with E-state index in [4.69, 9.17) is 16.3 Å². The number of fused-ring (bicyclic) bond motifs is 2. The highest BCUT2D eigenvalue weighted by Crippen LogP contribution is 2.45. The van der Waals surface area contributed by atoms with Crippen molar-refractivity contribution in [2.24, 2.45) is 5.92 Å². The number of amides is 2. The van der Waals surface area contributed by atoms with Crippen LogP contribution in [0.5, 0.6) is 0 Å². The van der Waals surface area contributed by atoms with Crippen molar-refractivity contribution in [3.05, 3.63) is 39.9 Å². The van der Waals surface area contributed by atoms with Crippen LogP contribution in [-0.4, -0.2) is 42.6 Å². The van der Waals surface area contributed by atoms with Gasteiger partial charge < -0.3 is 15.0 Å². The van der Waals surface area contributed by atoms with Crippen molar-refractivity contribution in [1.29, 1.82) is 0 Å². The second-order valence-corrected chi connectivity index (χ2v) is 8.47. The summed E-state index contributed by atoms with van der Waals surface area (Å²) in [5, 5.41) is 2.53. The lowest BCUT2D eigenvalue weighted by Crippen LogP contribution is -2.51. The summed E-state index contributed by atoms with van der Waals surface area (Å²) in [6.45, 7) is 0.602. The molecule has 1 aromatic carbocycles. The molecule has 1 aliphatic carbocycles. The Balaban J connectivity index is 1.72. The van der Waals surface area contributed by atoms with Crippen molar-refractivity contribution in [1.82, 2.24) is 10.2 Å². The highest BCUT2D eigenvalue weighted by atomic mass is 35.5. The lowest BCUT2D eigenvalue weighted by atomic mass is 9.87. The van der Waals surface area contributed by atoms with Crippen molar-refractivity contribution in [3.63, 3.8) is 0 Å². The van der Waals surface area contributed by atoms with Gasteiger partial charge in [0, 0.05) is 12.6 Å². The smallest absolute Gasteiger partial charge is 0.417 e. The van der Waals surface area contributed by atoms with E-state index in [1.54, 1.807) is 4.90 Å². The van der Waals surface area contributed by atoms with Crippen LogP contribution in [0.3, 0.4) is 0 Å². The molecule has 1 aromatic rings. The first-order valence-electron chi connectivity index (χ1n) is 9.95. The van der Waals surface area contributed by atoms with Gasteiger partial charge >= 0.3 is 18.2 Å². The number of rotatable bonds is 4. The Morgan fingerprint density at radius 3 is 2.60 bits per heavy atom. The van der Waals surface area contributed by atoms with E-state index in [1.165, 1.54) is 19.2 Å². The number of esters is 1. The molecule has 2 amide bonds. The molecule has 0 spiro atoms. The highest BCUT2D eigenvalue weighted by molar-refractivity contribution is 6.31. The second-order valence-electron chi connectivity index (χ2n) is 8.06. The fourth-order valence-electron chi connectivity index (χ4n) is 4.44. The van der Waals surface area contributed by atoms with E-state index in [0.717, 1.165) is 18.9 Å². The monoisotopic (exact) mass is 442 g/mol. The van der Waals surface area contributed by atoms with Crippen LogP contribution in [0.1, 0.15) is 43.2 Å². The first-order valence-corrected chi connectivity index (χ1v) is 10.3. The third-order valence-corrected chi connectivity index (χ3v) is 6.43. The van der Waals surface area contributed by atoms with Crippen LogP contribution in [0.15, 0.2) is 23.8 Å². The summed E-state index contributed by atoms with van der Waals surface area (Å²) in [5.74, 6) is -0.115. The number of urea groups is 1. The Labute approximate surface area is 177 Å². The quantitative estimate of drug-likeness (QED) is 0.691. The molecule has 0 aromatic heterocycles. The molecule has 2 fully saturated rings. The molecule has 1 saturated carbocycles. The highest BCUT2D eigenvalue weighted by Gasteiger charge is 2.47. The van der Waals surface area contributed by atoms with Crippen molar-refractivity contribution in [2.75, 3.05) is 13.7 Å². The number of carbonyl (C=O) groups excluding carboxylic acids is 2. The number of nitrogens with one attached hydrogen (secondary N) is 1. The fourth-order valence-corrected chi connectivity index (χ4v) is 4.66. The lowest BCUT2D eigenvalue weighted by molar-refractivity contribution is -0.137. The minimum absolute atomic E-state index is 0.178. The Morgan fingerprint density at radius 2 is 1.97 bits per heavy atom. The van der Waals surface area contributed by atoms with Gasteiger partial charge in [-0.3, -0.25) is 0 Å². The lowest BCUT2D eigenvalue weighted by Gasteiger charge is -2.37. The van der Waals surface area contributed by atoms with E-state index in [-0.39, 0.29) is 29.6 Å². The van der Waals surface area contributed by atoms with Gasteiger partial charge in [0.2, 0.25) is 0 Å². The predicted octanol–water partition coefficient (Wildman–Crippen LogP) is 4.64.